The Morgan fingerprint density at radius 2 is 1.88 bits per heavy atom. The number of nitrogens with zero attached hydrogens (tertiary/aromatic N) is 2. The maximum absolute atomic E-state index is 12.6. The van der Waals surface area contributed by atoms with Crippen LogP contribution in [0.15, 0.2) is 65.3 Å². The highest BCUT2D eigenvalue weighted by molar-refractivity contribution is 6.32. The number of ether oxygens (including phenoxy) is 1. The average Bonchev–Trinajstić information content (AvgIpc) is 2.84. The highest BCUT2D eigenvalue weighted by atomic mass is 16.5. The van der Waals surface area contributed by atoms with Gasteiger partial charge in [-0.15, -0.1) is 0 Å². The zero-order valence-electron chi connectivity index (χ0n) is 13.4. The van der Waals surface area contributed by atoms with Crippen LogP contribution in [-0.2, 0) is 9.59 Å². The van der Waals surface area contributed by atoms with Gasteiger partial charge in [-0.3, -0.25) is 9.59 Å². The van der Waals surface area contributed by atoms with Gasteiger partial charge in [-0.05, 0) is 42.8 Å². The summed E-state index contributed by atoms with van der Waals surface area (Å²) in [4.78, 5) is 23.7. The van der Waals surface area contributed by atoms with Gasteiger partial charge in [0.1, 0.15) is 5.75 Å². The summed E-state index contributed by atoms with van der Waals surface area (Å²) in [5.41, 5.74) is 2.64. The van der Waals surface area contributed by atoms with Crippen LogP contribution in [0.3, 0.4) is 0 Å². The summed E-state index contributed by atoms with van der Waals surface area (Å²) in [5.74, 6) is -0.127. The molecule has 0 unspecified atom stereocenters. The highest BCUT2D eigenvalue weighted by Gasteiger charge is 2.28. The van der Waals surface area contributed by atoms with Gasteiger partial charge in [0.25, 0.3) is 5.91 Å². The minimum atomic E-state index is -0.384. The quantitative estimate of drug-likeness (QED) is 0.494. The predicted molar refractivity (Wildman–Crippen MR) is 92.8 cm³/mol. The Kier molecular flexibility index (Phi) is 4.24. The van der Waals surface area contributed by atoms with Crippen molar-refractivity contribution < 1.29 is 14.3 Å². The number of para-hydroxylation sites is 1. The second-order valence-corrected chi connectivity index (χ2v) is 5.36. The smallest absolute Gasteiger partial charge is 0.308 e. The van der Waals surface area contributed by atoms with E-state index >= 15 is 0 Å². The molecule has 0 N–H and O–H groups in total. The molecule has 3 rings (SSSR count). The van der Waals surface area contributed by atoms with Crippen LogP contribution in [-0.4, -0.2) is 17.6 Å². The number of carbonyl (C=O) groups is 2. The first kappa shape index (κ1) is 15.7. The van der Waals surface area contributed by atoms with Crippen LogP contribution >= 0.6 is 0 Å². The molecule has 0 saturated carbocycles. The Bertz CT molecular complexity index is 854. The summed E-state index contributed by atoms with van der Waals surface area (Å²) < 4.78 is 5.07. The first-order chi connectivity index (χ1) is 11.5. The molecule has 0 aromatic heterocycles. The van der Waals surface area contributed by atoms with E-state index in [4.69, 9.17) is 4.74 Å². The van der Waals surface area contributed by atoms with Crippen molar-refractivity contribution in [3.05, 3.63) is 65.7 Å². The molecule has 24 heavy (non-hydrogen) atoms. The van der Waals surface area contributed by atoms with Crippen LogP contribution in [0.25, 0.3) is 6.08 Å². The Hall–Kier alpha value is -3.21. The lowest BCUT2D eigenvalue weighted by atomic mass is 10.1. The number of amides is 1. The summed E-state index contributed by atoms with van der Waals surface area (Å²) in [6.07, 6.45) is 1.75. The maximum atomic E-state index is 12.6. The van der Waals surface area contributed by atoms with Crippen LogP contribution in [0, 0.1) is 0 Å². The van der Waals surface area contributed by atoms with Crippen LogP contribution in [0.2, 0.25) is 0 Å². The average molecular weight is 320 g/mol. The molecule has 1 amide bonds. The van der Waals surface area contributed by atoms with Crippen molar-refractivity contribution in [2.24, 2.45) is 5.10 Å². The maximum Gasteiger partial charge on any atom is 0.308 e. The molecule has 0 fully saturated rings. The van der Waals surface area contributed by atoms with E-state index in [1.54, 1.807) is 31.2 Å². The fraction of sp³-hybridized carbons (Fsp3) is 0.105. The summed E-state index contributed by atoms with van der Waals surface area (Å²) >= 11 is 0. The minimum absolute atomic E-state index is 0.184. The lowest BCUT2D eigenvalue weighted by Gasteiger charge is -2.11. The first-order valence-corrected chi connectivity index (χ1v) is 7.50. The fourth-order valence-electron chi connectivity index (χ4n) is 2.43. The molecule has 5 nitrogen and oxygen atoms in total. The fourth-order valence-corrected chi connectivity index (χ4v) is 2.43. The summed E-state index contributed by atoms with van der Waals surface area (Å²) in [7, 11) is 0. The van der Waals surface area contributed by atoms with Gasteiger partial charge in [0.2, 0.25) is 0 Å². The third-order valence-electron chi connectivity index (χ3n) is 3.49. The molecule has 0 bridgehead atoms. The number of hydrazone groups is 1. The Morgan fingerprint density at radius 1 is 1.12 bits per heavy atom. The van der Waals surface area contributed by atoms with Crippen molar-refractivity contribution in [3.63, 3.8) is 0 Å². The first-order valence-electron chi connectivity index (χ1n) is 7.50. The molecule has 0 atom stereocenters. The molecule has 0 spiro atoms. The van der Waals surface area contributed by atoms with Crippen molar-refractivity contribution in [2.45, 2.75) is 13.8 Å². The van der Waals surface area contributed by atoms with E-state index in [0.717, 1.165) is 11.3 Å². The monoisotopic (exact) mass is 320 g/mol. The van der Waals surface area contributed by atoms with Crippen molar-refractivity contribution >= 4 is 29.4 Å². The molecule has 0 aliphatic carbocycles. The number of benzene rings is 2. The van der Waals surface area contributed by atoms with Crippen LogP contribution in [0.5, 0.6) is 5.75 Å². The molecule has 1 aliphatic heterocycles. The number of anilines is 1. The van der Waals surface area contributed by atoms with Gasteiger partial charge in [0.05, 0.1) is 17.0 Å². The van der Waals surface area contributed by atoms with E-state index in [9.17, 15) is 9.59 Å². The minimum Gasteiger partial charge on any atom is -0.427 e. The van der Waals surface area contributed by atoms with Gasteiger partial charge in [0.15, 0.2) is 0 Å². The summed E-state index contributed by atoms with van der Waals surface area (Å²) in [5, 5.41) is 5.72. The zero-order valence-corrected chi connectivity index (χ0v) is 13.4. The number of rotatable bonds is 3. The number of hydrogen-bond donors (Lipinski definition) is 0. The van der Waals surface area contributed by atoms with Crippen molar-refractivity contribution in [2.75, 3.05) is 5.01 Å². The lowest BCUT2D eigenvalue weighted by molar-refractivity contribution is -0.131. The number of hydrogen-bond acceptors (Lipinski definition) is 4. The second-order valence-electron chi connectivity index (χ2n) is 5.36. The largest absolute Gasteiger partial charge is 0.427 e. The molecule has 5 heteroatoms. The van der Waals surface area contributed by atoms with Crippen LogP contribution in [0.4, 0.5) is 5.69 Å². The standard InChI is InChI=1S/C19H16N2O3/c1-13-18(12-15-7-6-10-17(11-15)24-14(2)22)19(23)21(20-13)16-8-4-3-5-9-16/h3-12H,1-2H3/b18-12-. The van der Waals surface area contributed by atoms with E-state index in [0.29, 0.717) is 17.0 Å². The number of carbonyl (C=O) groups excluding carboxylic acids is 2. The van der Waals surface area contributed by atoms with E-state index in [-0.39, 0.29) is 11.9 Å². The Labute approximate surface area is 139 Å². The van der Waals surface area contributed by atoms with Gasteiger partial charge < -0.3 is 4.74 Å². The van der Waals surface area contributed by atoms with Crippen LogP contribution in [0.1, 0.15) is 19.4 Å². The second kappa shape index (κ2) is 6.50. The van der Waals surface area contributed by atoms with Crippen molar-refractivity contribution in [3.8, 4) is 5.75 Å². The van der Waals surface area contributed by atoms with Gasteiger partial charge in [-0.25, -0.2) is 0 Å². The molecule has 0 saturated heterocycles. The van der Waals surface area contributed by atoms with E-state index in [2.05, 4.69) is 5.10 Å². The Morgan fingerprint density at radius 3 is 2.58 bits per heavy atom. The van der Waals surface area contributed by atoms with Gasteiger partial charge in [-0.2, -0.15) is 10.1 Å². The highest BCUT2D eigenvalue weighted by Crippen LogP contribution is 2.25. The van der Waals surface area contributed by atoms with E-state index < -0.39 is 0 Å². The topological polar surface area (TPSA) is 59.0 Å². The molecule has 1 aliphatic rings. The van der Waals surface area contributed by atoms with E-state index in [1.165, 1.54) is 11.9 Å². The molecule has 2 aromatic rings. The normalized spacial score (nSPS) is 15.6. The van der Waals surface area contributed by atoms with Crippen LogP contribution < -0.4 is 9.75 Å². The predicted octanol–water partition coefficient (Wildman–Crippen LogP) is 3.42. The summed E-state index contributed by atoms with van der Waals surface area (Å²) in [6, 6.07) is 16.3. The molecular weight excluding hydrogens is 304 g/mol. The van der Waals surface area contributed by atoms with Gasteiger partial charge >= 0.3 is 5.97 Å². The van der Waals surface area contributed by atoms with Gasteiger partial charge in [0, 0.05) is 6.92 Å². The molecule has 1 heterocycles. The summed E-state index contributed by atoms with van der Waals surface area (Å²) in [6.45, 7) is 3.14. The Balaban J connectivity index is 1.90. The third kappa shape index (κ3) is 3.25. The zero-order chi connectivity index (χ0) is 17.1. The SMILES string of the molecule is CC(=O)Oc1cccc(/C=C2\C(=O)N(c3ccccc3)N=C2C)c1. The number of esters is 1. The van der Waals surface area contributed by atoms with Gasteiger partial charge in [-0.1, -0.05) is 30.3 Å². The third-order valence-corrected chi connectivity index (χ3v) is 3.49. The van der Waals surface area contributed by atoms with E-state index in [1.807, 2.05) is 36.4 Å². The molecule has 0 radical (unpaired) electrons. The molecule has 2 aromatic carbocycles. The van der Waals surface area contributed by atoms with Crippen molar-refractivity contribution in [1.82, 2.24) is 0 Å². The van der Waals surface area contributed by atoms with Crippen molar-refractivity contribution in [1.29, 1.82) is 0 Å². The molecular formula is C19H16N2O3. The lowest BCUT2D eigenvalue weighted by Crippen LogP contribution is -2.21. The molecule has 120 valence electrons.